The van der Waals surface area contributed by atoms with E-state index in [0.29, 0.717) is 12.0 Å². The van der Waals surface area contributed by atoms with Gasteiger partial charge in [-0.25, -0.2) is 0 Å². The molecule has 0 heterocycles. The maximum atomic E-state index is 9.98. The minimum absolute atomic E-state index is 0.216. The summed E-state index contributed by atoms with van der Waals surface area (Å²) in [7, 11) is 0. The number of aliphatic hydroxyl groups excluding tert-OH is 1. The first-order chi connectivity index (χ1) is 8.70. The molecule has 3 unspecified atom stereocenters. The van der Waals surface area contributed by atoms with E-state index < -0.39 is 0 Å². The second kappa shape index (κ2) is 6.35. The van der Waals surface area contributed by atoms with Crippen LogP contribution < -0.4 is 5.32 Å². The molecule has 1 aromatic carbocycles. The van der Waals surface area contributed by atoms with Crippen LogP contribution in [-0.2, 0) is 12.8 Å². The fourth-order valence-electron chi connectivity index (χ4n) is 2.63. The zero-order chi connectivity index (χ0) is 13.0. The highest BCUT2D eigenvalue weighted by Crippen LogP contribution is 2.21. The molecular weight excluding hydrogens is 222 g/mol. The number of hydrogen-bond donors (Lipinski definition) is 2. The van der Waals surface area contributed by atoms with E-state index in [0.717, 1.165) is 25.8 Å². The van der Waals surface area contributed by atoms with E-state index in [1.54, 1.807) is 0 Å². The van der Waals surface area contributed by atoms with E-state index in [-0.39, 0.29) is 6.10 Å². The number of fused-ring (bicyclic) bond motifs is 1. The molecule has 0 amide bonds. The third-order valence-electron chi connectivity index (χ3n) is 4.26. The highest BCUT2D eigenvalue weighted by Gasteiger charge is 2.19. The van der Waals surface area contributed by atoms with Gasteiger partial charge in [-0.15, -0.1) is 0 Å². The zero-order valence-corrected chi connectivity index (χ0v) is 11.5. The molecule has 0 aliphatic heterocycles. The lowest BCUT2D eigenvalue weighted by atomic mass is 9.88. The van der Waals surface area contributed by atoms with E-state index in [1.807, 2.05) is 0 Å². The molecular formula is C16H25NO. The standard InChI is InChI=1S/C16H25NO/c1-3-12(2)16(18)11-17-15-9-8-13-6-4-5-7-14(13)10-15/h4-7,12,15-18H,3,8-11H2,1-2H3. The highest BCUT2D eigenvalue weighted by molar-refractivity contribution is 5.30. The lowest BCUT2D eigenvalue weighted by molar-refractivity contribution is 0.109. The Balaban J connectivity index is 1.83. The number of nitrogens with one attached hydrogen (secondary N) is 1. The fraction of sp³-hybridized carbons (Fsp3) is 0.625. The van der Waals surface area contributed by atoms with Crippen molar-refractivity contribution >= 4 is 0 Å². The van der Waals surface area contributed by atoms with Gasteiger partial charge in [-0.2, -0.15) is 0 Å². The summed E-state index contributed by atoms with van der Waals surface area (Å²) in [4.78, 5) is 0. The van der Waals surface area contributed by atoms with Crippen molar-refractivity contribution < 1.29 is 5.11 Å². The van der Waals surface area contributed by atoms with E-state index in [4.69, 9.17) is 0 Å². The van der Waals surface area contributed by atoms with E-state index >= 15 is 0 Å². The third kappa shape index (κ3) is 3.33. The van der Waals surface area contributed by atoms with Crippen LogP contribution in [0.3, 0.4) is 0 Å². The predicted octanol–water partition coefficient (Wildman–Crippen LogP) is 2.54. The average molecular weight is 247 g/mol. The third-order valence-corrected chi connectivity index (χ3v) is 4.26. The monoisotopic (exact) mass is 247 g/mol. The molecule has 0 radical (unpaired) electrons. The Hall–Kier alpha value is -0.860. The topological polar surface area (TPSA) is 32.3 Å². The van der Waals surface area contributed by atoms with Gasteiger partial charge in [-0.1, -0.05) is 44.5 Å². The Kier molecular flexibility index (Phi) is 4.79. The van der Waals surface area contributed by atoms with Gasteiger partial charge in [0.1, 0.15) is 0 Å². The molecule has 0 saturated heterocycles. The molecule has 0 spiro atoms. The predicted molar refractivity (Wildman–Crippen MR) is 75.7 cm³/mol. The van der Waals surface area contributed by atoms with E-state index in [9.17, 15) is 5.11 Å². The smallest absolute Gasteiger partial charge is 0.0690 e. The number of aryl methyl sites for hydroxylation is 1. The lowest BCUT2D eigenvalue weighted by Crippen LogP contribution is -2.40. The maximum absolute atomic E-state index is 9.98. The van der Waals surface area contributed by atoms with Crippen molar-refractivity contribution in [1.82, 2.24) is 5.32 Å². The molecule has 2 rings (SSSR count). The van der Waals surface area contributed by atoms with Gasteiger partial charge < -0.3 is 10.4 Å². The van der Waals surface area contributed by atoms with Crippen molar-refractivity contribution in [3.63, 3.8) is 0 Å². The van der Waals surface area contributed by atoms with Crippen LogP contribution in [-0.4, -0.2) is 23.8 Å². The first-order valence-electron chi connectivity index (χ1n) is 7.19. The van der Waals surface area contributed by atoms with Crippen molar-refractivity contribution in [2.24, 2.45) is 5.92 Å². The Morgan fingerprint density at radius 1 is 1.33 bits per heavy atom. The Morgan fingerprint density at radius 3 is 2.78 bits per heavy atom. The van der Waals surface area contributed by atoms with Crippen LogP contribution in [0.4, 0.5) is 0 Å². The first kappa shape index (κ1) is 13.6. The van der Waals surface area contributed by atoms with Crippen molar-refractivity contribution in [2.45, 2.75) is 51.7 Å². The van der Waals surface area contributed by atoms with Gasteiger partial charge in [0.05, 0.1) is 6.10 Å². The van der Waals surface area contributed by atoms with Crippen LogP contribution >= 0.6 is 0 Å². The van der Waals surface area contributed by atoms with Crippen molar-refractivity contribution in [3.05, 3.63) is 35.4 Å². The van der Waals surface area contributed by atoms with Gasteiger partial charge in [0.2, 0.25) is 0 Å². The normalized spacial score (nSPS) is 22.3. The van der Waals surface area contributed by atoms with Crippen LogP contribution in [0.2, 0.25) is 0 Å². The van der Waals surface area contributed by atoms with E-state index in [1.165, 1.54) is 17.5 Å². The maximum Gasteiger partial charge on any atom is 0.0690 e. The summed E-state index contributed by atoms with van der Waals surface area (Å²) in [6.45, 7) is 4.97. The molecule has 1 aliphatic carbocycles. The quantitative estimate of drug-likeness (QED) is 0.838. The second-order valence-corrected chi connectivity index (χ2v) is 5.57. The van der Waals surface area contributed by atoms with Gasteiger partial charge in [-0.05, 0) is 36.3 Å². The van der Waals surface area contributed by atoms with Gasteiger partial charge >= 0.3 is 0 Å². The minimum Gasteiger partial charge on any atom is -0.392 e. The summed E-state index contributed by atoms with van der Waals surface area (Å²) < 4.78 is 0. The fourth-order valence-corrected chi connectivity index (χ4v) is 2.63. The summed E-state index contributed by atoms with van der Waals surface area (Å²) in [5, 5.41) is 13.5. The minimum atomic E-state index is -0.216. The summed E-state index contributed by atoms with van der Waals surface area (Å²) in [6, 6.07) is 9.24. The van der Waals surface area contributed by atoms with Crippen LogP contribution in [0.5, 0.6) is 0 Å². The molecule has 0 saturated carbocycles. The van der Waals surface area contributed by atoms with Gasteiger partial charge in [0.15, 0.2) is 0 Å². The van der Waals surface area contributed by atoms with Crippen molar-refractivity contribution in [3.8, 4) is 0 Å². The Morgan fingerprint density at radius 2 is 2.06 bits per heavy atom. The molecule has 18 heavy (non-hydrogen) atoms. The highest BCUT2D eigenvalue weighted by atomic mass is 16.3. The summed E-state index contributed by atoms with van der Waals surface area (Å²) >= 11 is 0. The van der Waals surface area contributed by atoms with E-state index in [2.05, 4.69) is 43.4 Å². The Labute approximate surface area is 110 Å². The lowest BCUT2D eigenvalue weighted by Gasteiger charge is -2.27. The molecule has 2 heteroatoms. The molecule has 1 aromatic rings. The first-order valence-corrected chi connectivity index (χ1v) is 7.19. The SMILES string of the molecule is CCC(C)C(O)CNC1CCc2ccccc2C1. The molecule has 2 nitrogen and oxygen atoms in total. The molecule has 2 N–H and O–H groups in total. The number of rotatable bonds is 5. The molecule has 0 aromatic heterocycles. The Bertz CT molecular complexity index is 377. The largest absolute Gasteiger partial charge is 0.392 e. The molecule has 3 atom stereocenters. The van der Waals surface area contributed by atoms with Crippen molar-refractivity contribution in [1.29, 1.82) is 0 Å². The molecule has 100 valence electrons. The zero-order valence-electron chi connectivity index (χ0n) is 11.5. The second-order valence-electron chi connectivity index (χ2n) is 5.57. The number of hydrogen-bond acceptors (Lipinski definition) is 2. The molecule has 1 aliphatic rings. The van der Waals surface area contributed by atoms with Gasteiger partial charge in [0.25, 0.3) is 0 Å². The number of benzene rings is 1. The average Bonchev–Trinajstić information content (AvgIpc) is 2.43. The van der Waals surface area contributed by atoms with Crippen LogP contribution in [0, 0.1) is 5.92 Å². The van der Waals surface area contributed by atoms with Crippen LogP contribution in [0.15, 0.2) is 24.3 Å². The van der Waals surface area contributed by atoms with Crippen molar-refractivity contribution in [2.75, 3.05) is 6.54 Å². The van der Waals surface area contributed by atoms with Crippen LogP contribution in [0.1, 0.15) is 37.8 Å². The summed E-state index contributed by atoms with van der Waals surface area (Å²) in [6.07, 6.45) is 4.27. The summed E-state index contributed by atoms with van der Waals surface area (Å²) in [5.74, 6) is 0.383. The van der Waals surface area contributed by atoms with Crippen LogP contribution in [0.25, 0.3) is 0 Å². The van der Waals surface area contributed by atoms with Gasteiger partial charge in [0, 0.05) is 12.6 Å². The molecule has 0 fully saturated rings. The summed E-state index contributed by atoms with van der Waals surface area (Å²) in [5.41, 5.74) is 2.97. The van der Waals surface area contributed by atoms with Gasteiger partial charge in [-0.3, -0.25) is 0 Å². The molecule has 0 bridgehead atoms. The number of aliphatic hydroxyl groups is 1.